The largest absolute Gasteiger partial charge is 0.506 e. The summed E-state index contributed by atoms with van der Waals surface area (Å²) in [6.45, 7) is 4.52. The molecule has 0 bridgehead atoms. The third-order valence-electron chi connectivity index (χ3n) is 2.77. The maximum Gasteiger partial charge on any atom is 0.138 e. The predicted octanol–water partition coefficient (Wildman–Crippen LogP) is 1.05. The lowest BCUT2D eigenvalue weighted by molar-refractivity contribution is 0.315. The Morgan fingerprint density at radius 2 is 2.31 bits per heavy atom. The molecule has 0 saturated carbocycles. The average Bonchev–Trinajstić information content (AvgIpc) is 2.58. The molecule has 1 aliphatic heterocycles. The first kappa shape index (κ1) is 13.2. The van der Waals surface area contributed by atoms with Gasteiger partial charge in [-0.05, 0) is 25.5 Å². The van der Waals surface area contributed by atoms with Crippen LogP contribution in [0.25, 0.3) is 0 Å². The molecule has 90 valence electrons. The van der Waals surface area contributed by atoms with E-state index in [0.717, 1.165) is 30.9 Å². The van der Waals surface area contributed by atoms with E-state index < -0.39 is 0 Å². The van der Waals surface area contributed by atoms with E-state index in [1.54, 1.807) is 6.07 Å². The van der Waals surface area contributed by atoms with Gasteiger partial charge >= 0.3 is 0 Å². The number of likely N-dealkylation sites (tertiary alicyclic amines) is 1. The summed E-state index contributed by atoms with van der Waals surface area (Å²) < 4.78 is 0. The van der Waals surface area contributed by atoms with E-state index in [0.29, 0.717) is 6.54 Å². The number of nitrogens with two attached hydrogens (primary N) is 1. The van der Waals surface area contributed by atoms with E-state index in [-0.39, 0.29) is 24.2 Å². The predicted molar refractivity (Wildman–Crippen MR) is 65.8 cm³/mol. The van der Waals surface area contributed by atoms with Crippen LogP contribution in [0.5, 0.6) is 5.75 Å². The highest BCUT2D eigenvalue weighted by atomic mass is 35.5. The van der Waals surface area contributed by atoms with Crippen molar-refractivity contribution in [1.29, 1.82) is 0 Å². The molecule has 0 amide bonds. The number of rotatable bonds is 2. The van der Waals surface area contributed by atoms with Crippen molar-refractivity contribution in [3.63, 3.8) is 0 Å². The summed E-state index contributed by atoms with van der Waals surface area (Å²) in [5.41, 5.74) is 7.51. The van der Waals surface area contributed by atoms with Crippen LogP contribution in [0.3, 0.4) is 0 Å². The molecule has 0 radical (unpaired) electrons. The minimum atomic E-state index is 0. The van der Waals surface area contributed by atoms with Crippen molar-refractivity contribution in [3.05, 3.63) is 23.5 Å². The van der Waals surface area contributed by atoms with Gasteiger partial charge in [-0.15, -0.1) is 12.4 Å². The summed E-state index contributed by atoms with van der Waals surface area (Å²) >= 11 is 0. The van der Waals surface area contributed by atoms with Gasteiger partial charge in [0, 0.05) is 31.4 Å². The Labute approximate surface area is 102 Å². The fraction of sp³-hybridized carbons (Fsp3) is 0.545. The second-order valence-corrected chi connectivity index (χ2v) is 4.20. The molecule has 0 aromatic carbocycles. The number of pyridine rings is 1. The lowest BCUT2D eigenvalue weighted by Gasteiger charge is -2.15. The summed E-state index contributed by atoms with van der Waals surface area (Å²) in [7, 11) is 0. The van der Waals surface area contributed by atoms with Gasteiger partial charge in [-0.2, -0.15) is 0 Å². The zero-order valence-electron chi connectivity index (χ0n) is 9.39. The van der Waals surface area contributed by atoms with Crippen LogP contribution >= 0.6 is 12.4 Å². The van der Waals surface area contributed by atoms with Gasteiger partial charge in [-0.3, -0.25) is 9.88 Å². The summed E-state index contributed by atoms with van der Waals surface area (Å²) in [6.07, 6.45) is 1.03. The van der Waals surface area contributed by atoms with Gasteiger partial charge in [-0.1, -0.05) is 0 Å². The molecule has 1 aromatic heterocycles. The fourth-order valence-corrected chi connectivity index (χ4v) is 1.94. The van der Waals surface area contributed by atoms with Gasteiger partial charge in [0.2, 0.25) is 0 Å². The Bertz CT molecular complexity index is 359. The van der Waals surface area contributed by atoms with Gasteiger partial charge in [0.15, 0.2) is 0 Å². The number of hydrogen-bond donors (Lipinski definition) is 2. The summed E-state index contributed by atoms with van der Waals surface area (Å²) in [6, 6.07) is 3.79. The molecule has 2 heterocycles. The summed E-state index contributed by atoms with van der Waals surface area (Å²) in [5, 5.41) is 9.64. The highest BCUT2D eigenvalue weighted by Crippen LogP contribution is 2.18. The Kier molecular flexibility index (Phi) is 4.53. The molecule has 5 heteroatoms. The molecular formula is C11H18ClN3O. The summed E-state index contributed by atoms with van der Waals surface area (Å²) in [5.74, 6) is 0.279. The van der Waals surface area contributed by atoms with Gasteiger partial charge in [-0.25, -0.2) is 0 Å². The first-order valence-electron chi connectivity index (χ1n) is 5.28. The number of nitrogens with zero attached hydrogens (tertiary/aromatic N) is 2. The van der Waals surface area contributed by atoms with E-state index in [1.807, 2.05) is 13.0 Å². The van der Waals surface area contributed by atoms with E-state index in [4.69, 9.17) is 5.73 Å². The number of aromatic hydroxyl groups is 1. The Morgan fingerprint density at radius 1 is 1.56 bits per heavy atom. The second kappa shape index (κ2) is 5.48. The molecule has 0 aliphatic carbocycles. The van der Waals surface area contributed by atoms with E-state index in [9.17, 15) is 5.11 Å². The first-order chi connectivity index (χ1) is 7.15. The highest BCUT2D eigenvalue weighted by Gasteiger charge is 2.20. The molecule has 1 fully saturated rings. The molecular weight excluding hydrogens is 226 g/mol. The van der Waals surface area contributed by atoms with Crippen LogP contribution in [0.2, 0.25) is 0 Å². The van der Waals surface area contributed by atoms with Crippen molar-refractivity contribution in [3.8, 4) is 5.75 Å². The van der Waals surface area contributed by atoms with E-state index >= 15 is 0 Å². The van der Waals surface area contributed by atoms with Gasteiger partial charge in [0.1, 0.15) is 5.75 Å². The minimum absolute atomic E-state index is 0. The standard InChI is InChI=1S/C11H17N3O.ClH/c1-8-2-3-11(15)10(13-8)7-14-5-4-9(12)6-14;/h2-3,9,15H,4-7,12H2,1H3;1H. The molecule has 0 spiro atoms. The molecule has 1 aromatic rings. The van der Waals surface area contributed by atoms with Crippen molar-refractivity contribution in [2.45, 2.75) is 25.9 Å². The third-order valence-corrected chi connectivity index (χ3v) is 2.77. The molecule has 4 nitrogen and oxygen atoms in total. The third kappa shape index (κ3) is 3.07. The zero-order valence-corrected chi connectivity index (χ0v) is 10.2. The quantitative estimate of drug-likeness (QED) is 0.815. The van der Waals surface area contributed by atoms with E-state index in [1.165, 1.54) is 0 Å². The monoisotopic (exact) mass is 243 g/mol. The second-order valence-electron chi connectivity index (χ2n) is 4.20. The topological polar surface area (TPSA) is 62.4 Å². The van der Waals surface area contributed by atoms with Crippen molar-refractivity contribution in [2.75, 3.05) is 13.1 Å². The molecule has 1 aliphatic rings. The number of halogens is 1. The van der Waals surface area contributed by atoms with Crippen molar-refractivity contribution < 1.29 is 5.11 Å². The molecule has 3 N–H and O–H groups in total. The highest BCUT2D eigenvalue weighted by molar-refractivity contribution is 5.85. The summed E-state index contributed by atoms with van der Waals surface area (Å²) in [4.78, 5) is 6.56. The van der Waals surface area contributed by atoms with Crippen molar-refractivity contribution >= 4 is 12.4 Å². The SMILES string of the molecule is Cc1ccc(O)c(CN2CCC(N)C2)n1.Cl. The van der Waals surface area contributed by atoms with Crippen LogP contribution < -0.4 is 5.73 Å². The fourth-order valence-electron chi connectivity index (χ4n) is 1.94. The van der Waals surface area contributed by atoms with Gasteiger partial charge in [0.05, 0.1) is 5.69 Å². The first-order valence-corrected chi connectivity index (χ1v) is 5.28. The zero-order chi connectivity index (χ0) is 10.8. The molecule has 16 heavy (non-hydrogen) atoms. The Balaban J connectivity index is 0.00000128. The van der Waals surface area contributed by atoms with Crippen LogP contribution in [0, 0.1) is 6.92 Å². The number of aryl methyl sites for hydroxylation is 1. The lowest BCUT2D eigenvalue weighted by atomic mass is 10.2. The Hall–Kier alpha value is -0.840. The van der Waals surface area contributed by atoms with Crippen LogP contribution in [-0.4, -0.2) is 34.1 Å². The maximum atomic E-state index is 9.64. The smallest absolute Gasteiger partial charge is 0.138 e. The molecule has 1 unspecified atom stereocenters. The Morgan fingerprint density at radius 3 is 2.94 bits per heavy atom. The van der Waals surface area contributed by atoms with Gasteiger partial charge in [0.25, 0.3) is 0 Å². The number of hydrogen-bond acceptors (Lipinski definition) is 4. The minimum Gasteiger partial charge on any atom is -0.506 e. The normalized spacial score (nSPS) is 20.8. The van der Waals surface area contributed by atoms with Crippen molar-refractivity contribution in [1.82, 2.24) is 9.88 Å². The maximum absolute atomic E-state index is 9.64. The van der Waals surface area contributed by atoms with Crippen LogP contribution in [-0.2, 0) is 6.54 Å². The molecule has 1 saturated heterocycles. The van der Waals surface area contributed by atoms with Crippen LogP contribution in [0.15, 0.2) is 12.1 Å². The average molecular weight is 244 g/mol. The lowest BCUT2D eigenvalue weighted by Crippen LogP contribution is -2.26. The van der Waals surface area contributed by atoms with Crippen molar-refractivity contribution in [2.24, 2.45) is 5.73 Å². The van der Waals surface area contributed by atoms with Crippen LogP contribution in [0.4, 0.5) is 0 Å². The van der Waals surface area contributed by atoms with E-state index in [2.05, 4.69) is 9.88 Å². The van der Waals surface area contributed by atoms with Gasteiger partial charge < -0.3 is 10.8 Å². The molecule has 1 atom stereocenters. The molecule has 2 rings (SSSR count). The van der Waals surface area contributed by atoms with Crippen LogP contribution in [0.1, 0.15) is 17.8 Å². The number of aromatic nitrogens is 1.